The van der Waals surface area contributed by atoms with E-state index < -0.39 is 0 Å². The minimum Gasteiger partial charge on any atom is -0.497 e. The minimum atomic E-state index is 0.193. The first kappa shape index (κ1) is 15.4. The van der Waals surface area contributed by atoms with Crippen molar-refractivity contribution in [2.75, 3.05) is 25.1 Å². The van der Waals surface area contributed by atoms with Gasteiger partial charge in [-0.15, -0.1) is 0 Å². The van der Waals surface area contributed by atoms with Gasteiger partial charge in [0.15, 0.2) is 0 Å². The first-order valence-corrected chi connectivity index (χ1v) is 8.88. The van der Waals surface area contributed by atoms with Gasteiger partial charge in [-0.1, -0.05) is 6.92 Å². The third-order valence-electron chi connectivity index (χ3n) is 5.56. The number of ether oxygens (including phenoxy) is 1. The molecular formula is C20H24N2O2. The van der Waals surface area contributed by atoms with Crippen LogP contribution in [0.5, 0.6) is 5.75 Å². The maximum absolute atomic E-state index is 11.2. The van der Waals surface area contributed by atoms with Crippen molar-refractivity contribution in [3.8, 4) is 5.75 Å². The van der Waals surface area contributed by atoms with Gasteiger partial charge in [-0.05, 0) is 48.8 Å². The van der Waals surface area contributed by atoms with Crippen LogP contribution in [-0.2, 0) is 4.79 Å². The third-order valence-corrected chi connectivity index (χ3v) is 5.56. The number of hydrogen-bond acceptors (Lipinski definition) is 4. The van der Waals surface area contributed by atoms with E-state index in [9.17, 15) is 4.79 Å². The molecule has 24 heavy (non-hydrogen) atoms. The molecule has 0 amide bonds. The summed E-state index contributed by atoms with van der Waals surface area (Å²) in [5.41, 5.74) is 3.70. The molecule has 0 radical (unpaired) electrons. The Labute approximate surface area is 142 Å². The number of fused-ring (bicyclic) bond motifs is 1. The van der Waals surface area contributed by atoms with E-state index in [-0.39, 0.29) is 5.92 Å². The molecule has 4 heteroatoms. The molecule has 2 fully saturated rings. The highest BCUT2D eigenvalue weighted by Gasteiger charge is 2.32. The van der Waals surface area contributed by atoms with Crippen LogP contribution in [0.2, 0.25) is 0 Å². The summed E-state index contributed by atoms with van der Waals surface area (Å²) in [6, 6.07) is 6.17. The molecule has 0 spiro atoms. The Balaban J connectivity index is 1.79. The van der Waals surface area contributed by atoms with Crippen LogP contribution in [0.3, 0.4) is 0 Å². The molecule has 2 aromatic rings. The average molecular weight is 324 g/mol. The molecule has 1 aliphatic carbocycles. The van der Waals surface area contributed by atoms with Crippen LogP contribution in [0, 0.1) is 11.8 Å². The normalized spacial score (nSPS) is 24.2. The lowest BCUT2D eigenvalue weighted by molar-refractivity contribution is -0.112. The van der Waals surface area contributed by atoms with E-state index in [1.54, 1.807) is 7.11 Å². The number of methoxy groups -OCH3 is 1. The fourth-order valence-electron chi connectivity index (χ4n) is 3.92. The topological polar surface area (TPSA) is 42.4 Å². The second kappa shape index (κ2) is 6.08. The molecule has 1 aromatic heterocycles. The number of pyridine rings is 1. The lowest BCUT2D eigenvalue weighted by atomic mass is 9.87. The van der Waals surface area contributed by atoms with Gasteiger partial charge in [-0.25, -0.2) is 0 Å². The van der Waals surface area contributed by atoms with Gasteiger partial charge in [-0.3, -0.25) is 4.98 Å². The van der Waals surface area contributed by atoms with Gasteiger partial charge in [0.2, 0.25) is 0 Å². The number of benzene rings is 1. The molecule has 1 saturated carbocycles. The molecule has 2 aliphatic rings. The number of piperidine rings is 1. The number of rotatable bonds is 4. The molecule has 0 bridgehead atoms. The number of carbonyl (C=O) groups is 1. The van der Waals surface area contributed by atoms with E-state index in [0.29, 0.717) is 11.8 Å². The molecule has 2 unspecified atom stereocenters. The summed E-state index contributed by atoms with van der Waals surface area (Å²) >= 11 is 0. The van der Waals surface area contributed by atoms with Crippen molar-refractivity contribution in [3.05, 3.63) is 30.0 Å². The largest absolute Gasteiger partial charge is 0.497 e. The molecule has 1 aromatic carbocycles. The van der Waals surface area contributed by atoms with Gasteiger partial charge in [0, 0.05) is 36.7 Å². The monoisotopic (exact) mass is 324 g/mol. The van der Waals surface area contributed by atoms with E-state index >= 15 is 0 Å². The zero-order valence-corrected chi connectivity index (χ0v) is 14.4. The van der Waals surface area contributed by atoms with Crippen molar-refractivity contribution in [3.63, 3.8) is 0 Å². The van der Waals surface area contributed by atoms with Crippen LogP contribution in [0.1, 0.15) is 37.7 Å². The van der Waals surface area contributed by atoms with Crippen molar-refractivity contribution in [2.24, 2.45) is 11.8 Å². The predicted molar refractivity (Wildman–Crippen MR) is 95.8 cm³/mol. The number of aromatic nitrogens is 1. The Hall–Kier alpha value is -2.10. The fourth-order valence-corrected chi connectivity index (χ4v) is 3.92. The van der Waals surface area contributed by atoms with Gasteiger partial charge in [0.1, 0.15) is 12.0 Å². The maximum Gasteiger partial charge on any atom is 0.123 e. The highest BCUT2D eigenvalue weighted by atomic mass is 16.5. The Bertz CT molecular complexity index is 770. The van der Waals surface area contributed by atoms with Crippen molar-refractivity contribution in [1.82, 2.24) is 4.98 Å². The summed E-state index contributed by atoms with van der Waals surface area (Å²) in [4.78, 5) is 18.4. The number of hydrogen-bond donors (Lipinski definition) is 0. The molecule has 4 rings (SSSR count). The maximum atomic E-state index is 11.2. The van der Waals surface area contributed by atoms with E-state index in [1.165, 1.54) is 29.5 Å². The van der Waals surface area contributed by atoms with Gasteiger partial charge >= 0.3 is 0 Å². The Kier molecular flexibility index (Phi) is 3.91. The first-order chi connectivity index (χ1) is 11.7. The lowest BCUT2D eigenvalue weighted by Crippen LogP contribution is -2.40. The molecule has 4 nitrogen and oxygen atoms in total. The summed E-state index contributed by atoms with van der Waals surface area (Å²) in [6.07, 6.45) is 6.66. The van der Waals surface area contributed by atoms with Crippen LogP contribution < -0.4 is 9.64 Å². The third kappa shape index (κ3) is 2.64. The second-order valence-electron chi connectivity index (χ2n) is 7.23. The number of anilines is 1. The molecule has 1 aliphatic heterocycles. The average Bonchev–Trinajstić information content (AvgIpc) is 3.45. The standard InChI is InChI=1S/C20H24N2O2/c1-13-11-22(8-7-15(13)12-23)20-17-6-5-16(24-2)9-19(17)21-10-18(20)14-3-4-14/h5-6,9-10,12-15H,3-4,7-8,11H2,1-2H3. The molecule has 126 valence electrons. The Morgan fingerprint density at radius 3 is 2.79 bits per heavy atom. The van der Waals surface area contributed by atoms with Crippen molar-refractivity contribution < 1.29 is 9.53 Å². The summed E-state index contributed by atoms with van der Waals surface area (Å²) in [6.45, 7) is 4.07. The predicted octanol–water partition coefficient (Wildman–Crippen LogP) is 3.78. The first-order valence-electron chi connectivity index (χ1n) is 8.88. The Morgan fingerprint density at radius 2 is 2.12 bits per heavy atom. The van der Waals surface area contributed by atoms with Crippen molar-refractivity contribution in [2.45, 2.75) is 32.1 Å². The van der Waals surface area contributed by atoms with Crippen molar-refractivity contribution in [1.29, 1.82) is 0 Å². The van der Waals surface area contributed by atoms with E-state index in [4.69, 9.17) is 9.72 Å². The Morgan fingerprint density at radius 1 is 1.29 bits per heavy atom. The summed E-state index contributed by atoms with van der Waals surface area (Å²) in [5, 5.41) is 1.21. The summed E-state index contributed by atoms with van der Waals surface area (Å²) in [7, 11) is 1.69. The quantitative estimate of drug-likeness (QED) is 0.803. The summed E-state index contributed by atoms with van der Waals surface area (Å²) in [5.74, 6) is 2.08. The molecule has 2 heterocycles. The zero-order valence-electron chi connectivity index (χ0n) is 14.4. The SMILES string of the molecule is COc1ccc2c(N3CCC(C=O)C(C)C3)c(C3CC3)cnc2c1. The molecule has 0 N–H and O–H groups in total. The second-order valence-corrected chi connectivity index (χ2v) is 7.23. The summed E-state index contributed by atoms with van der Waals surface area (Å²) < 4.78 is 5.35. The fraction of sp³-hybridized carbons (Fsp3) is 0.500. The van der Waals surface area contributed by atoms with Crippen LogP contribution in [0.15, 0.2) is 24.4 Å². The lowest BCUT2D eigenvalue weighted by Gasteiger charge is -2.37. The zero-order chi connectivity index (χ0) is 16.7. The van der Waals surface area contributed by atoms with Gasteiger partial charge in [-0.2, -0.15) is 0 Å². The number of nitrogens with zero attached hydrogens (tertiary/aromatic N) is 2. The molecular weight excluding hydrogens is 300 g/mol. The van der Waals surface area contributed by atoms with Crippen LogP contribution in [0.4, 0.5) is 5.69 Å². The van der Waals surface area contributed by atoms with Crippen LogP contribution in [-0.4, -0.2) is 31.5 Å². The van der Waals surface area contributed by atoms with Gasteiger partial charge < -0.3 is 14.4 Å². The molecule has 1 saturated heterocycles. The number of carbonyl (C=O) groups excluding carboxylic acids is 1. The van der Waals surface area contributed by atoms with Gasteiger partial charge in [0.05, 0.1) is 18.3 Å². The van der Waals surface area contributed by atoms with E-state index in [1.807, 2.05) is 12.1 Å². The van der Waals surface area contributed by atoms with E-state index in [2.05, 4.69) is 24.1 Å². The number of aldehydes is 1. The molecule has 2 atom stereocenters. The van der Waals surface area contributed by atoms with E-state index in [0.717, 1.165) is 37.1 Å². The van der Waals surface area contributed by atoms with Gasteiger partial charge in [0.25, 0.3) is 0 Å². The highest BCUT2D eigenvalue weighted by molar-refractivity contribution is 5.94. The minimum absolute atomic E-state index is 0.193. The van der Waals surface area contributed by atoms with Crippen molar-refractivity contribution >= 4 is 22.9 Å². The highest BCUT2D eigenvalue weighted by Crippen LogP contribution is 2.47. The van der Waals surface area contributed by atoms with Crippen LogP contribution in [0.25, 0.3) is 10.9 Å². The smallest absolute Gasteiger partial charge is 0.123 e. The van der Waals surface area contributed by atoms with Crippen LogP contribution >= 0.6 is 0 Å².